The summed E-state index contributed by atoms with van der Waals surface area (Å²) in [4.78, 5) is 4.75. The first-order chi connectivity index (χ1) is 13.0. The number of halogens is 2. The van der Waals surface area contributed by atoms with Gasteiger partial charge in [-0.2, -0.15) is 0 Å². The predicted molar refractivity (Wildman–Crippen MR) is 116 cm³/mol. The summed E-state index contributed by atoms with van der Waals surface area (Å²) in [5.74, 6) is 0.797. The lowest BCUT2D eigenvalue weighted by molar-refractivity contribution is 0.415. The van der Waals surface area contributed by atoms with Crippen LogP contribution in [-0.2, 0) is 0 Å². The Morgan fingerprint density at radius 1 is 1.15 bits per heavy atom. The zero-order valence-electron chi connectivity index (χ0n) is 15.6. The van der Waals surface area contributed by atoms with Crippen molar-refractivity contribution in [2.75, 3.05) is 19.0 Å². The van der Waals surface area contributed by atoms with Gasteiger partial charge in [0.15, 0.2) is 0 Å². The molecule has 2 atom stereocenters. The van der Waals surface area contributed by atoms with Crippen molar-refractivity contribution in [3.63, 3.8) is 0 Å². The van der Waals surface area contributed by atoms with Gasteiger partial charge in [0.2, 0.25) is 0 Å². The minimum atomic E-state index is 0.0725. The van der Waals surface area contributed by atoms with Crippen LogP contribution in [0.15, 0.2) is 36.4 Å². The van der Waals surface area contributed by atoms with Crippen LogP contribution in [0.2, 0.25) is 5.02 Å². The number of methoxy groups -OCH3 is 1. The number of hydrogen-bond donors (Lipinski definition) is 2. The van der Waals surface area contributed by atoms with Crippen LogP contribution in [0.25, 0.3) is 21.8 Å². The molecule has 3 N–H and O–H groups in total. The van der Waals surface area contributed by atoms with Crippen molar-refractivity contribution >= 4 is 50.7 Å². The maximum Gasteiger partial charge on any atom is 0.119 e. The Kier molecular flexibility index (Phi) is 6.64. The third-order valence-corrected chi connectivity index (χ3v) is 5.48. The number of pyridine rings is 1. The number of nitrogens with zero attached hydrogens (tertiary/aromatic N) is 1. The second kappa shape index (κ2) is 8.96. The molecule has 0 bridgehead atoms. The number of aromatic nitrogens is 1. The number of nitrogens with one attached hydrogen (secondary N) is 1. The van der Waals surface area contributed by atoms with Gasteiger partial charge in [-0.1, -0.05) is 18.5 Å². The maximum absolute atomic E-state index is 6.23. The highest BCUT2D eigenvalue weighted by Gasteiger charge is 2.13. The molecule has 1 heterocycles. The molecule has 1 aromatic heterocycles. The van der Waals surface area contributed by atoms with E-state index in [4.69, 9.17) is 38.7 Å². The molecule has 0 aliphatic heterocycles. The predicted octanol–water partition coefficient (Wildman–Crippen LogP) is 5.59. The van der Waals surface area contributed by atoms with E-state index in [1.54, 1.807) is 7.11 Å². The first-order valence-corrected chi connectivity index (χ1v) is 10.0. The van der Waals surface area contributed by atoms with Crippen molar-refractivity contribution in [3.05, 3.63) is 41.4 Å². The summed E-state index contributed by atoms with van der Waals surface area (Å²) in [6, 6.07) is 11.7. The average Bonchev–Trinajstić information content (AvgIpc) is 2.66. The van der Waals surface area contributed by atoms with Crippen LogP contribution in [-0.4, -0.2) is 30.1 Å². The summed E-state index contributed by atoms with van der Waals surface area (Å²) in [6.07, 6.45) is 2.59. The van der Waals surface area contributed by atoms with Crippen LogP contribution in [0.5, 0.6) is 5.75 Å². The monoisotopic (exact) mass is 405 g/mol. The average molecular weight is 406 g/mol. The smallest absolute Gasteiger partial charge is 0.119 e. The molecule has 144 valence electrons. The second-order valence-electron chi connectivity index (χ2n) is 6.75. The first-order valence-electron chi connectivity index (χ1n) is 9.22. The third-order valence-electron chi connectivity index (χ3n) is 4.76. The standard InChI is InChI=1S/C21H25Cl2N3O/c1-3-13(22)10-15(24)8-9-25-21-17-6-4-14(23)11-20(17)26-19-7-5-16(27-2)12-18(19)21/h4-7,11-13,15H,3,8-10,24H2,1-2H3,(H,25,26). The van der Waals surface area contributed by atoms with Gasteiger partial charge in [0.1, 0.15) is 5.75 Å². The minimum Gasteiger partial charge on any atom is -0.497 e. The van der Waals surface area contributed by atoms with Crippen molar-refractivity contribution in [1.29, 1.82) is 0 Å². The Morgan fingerprint density at radius 2 is 1.96 bits per heavy atom. The van der Waals surface area contributed by atoms with Crippen LogP contribution in [0.3, 0.4) is 0 Å². The van der Waals surface area contributed by atoms with E-state index in [0.717, 1.165) is 59.0 Å². The molecule has 0 fully saturated rings. The van der Waals surface area contributed by atoms with E-state index >= 15 is 0 Å². The topological polar surface area (TPSA) is 60.2 Å². The van der Waals surface area contributed by atoms with E-state index in [0.29, 0.717) is 5.02 Å². The Morgan fingerprint density at radius 3 is 2.70 bits per heavy atom. The molecule has 0 amide bonds. The Hall–Kier alpha value is -1.75. The molecule has 0 radical (unpaired) electrons. The van der Waals surface area contributed by atoms with E-state index in [9.17, 15) is 0 Å². The summed E-state index contributed by atoms with van der Waals surface area (Å²) in [5, 5.41) is 6.41. The van der Waals surface area contributed by atoms with Crippen molar-refractivity contribution in [2.24, 2.45) is 5.73 Å². The van der Waals surface area contributed by atoms with Gasteiger partial charge in [0.25, 0.3) is 0 Å². The number of rotatable bonds is 8. The maximum atomic E-state index is 6.23. The number of anilines is 1. The number of hydrogen-bond acceptors (Lipinski definition) is 4. The zero-order chi connectivity index (χ0) is 19.4. The number of fused-ring (bicyclic) bond motifs is 2. The Labute approximate surface area is 170 Å². The largest absolute Gasteiger partial charge is 0.497 e. The number of benzene rings is 2. The van der Waals surface area contributed by atoms with E-state index in [-0.39, 0.29) is 11.4 Å². The quantitative estimate of drug-likeness (QED) is 0.378. The van der Waals surface area contributed by atoms with Crippen LogP contribution in [0, 0.1) is 0 Å². The van der Waals surface area contributed by atoms with E-state index < -0.39 is 0 Å². The molecular weight excluding hydrogens is 381 g/mol. The zero-order valence-corrected chi connectivity index (χ0v) is 17.1. The fourth-order valence-electron chi connectivity index (χ4n) is 3.21. The molecule has 0 saturated heterocycles. The van der Waals surface area contributed by atoms with Crippen LogP contribution in [0.1, 0.15) is 26.2 Å². The third kappa shape index (κ3) is 4.75. The van der Waals surface area contributed by atoms with Gasteiger partial charge in [-0.25, -0.2) is 4.98 Å². The van der Waals surface area contributed by atoms with E-state index in [1.165, 1.54) is 0 Å². The van der Waals surface area contributed by atoms with Crippen LogP contribution in [0.4, 0.5) is 5.69 Å². The van der Waals surface area contributed by atoms with Gasteiger partial charge in [-0.3, -0.25) is 0 Å². The van der Waals surface area contributed by atoms with Gasteiger partial charge >= 0.3 is 0 Å². The van der Waals surface area contributed by atoms with Crippen molar-refractivity contribution < 1.29 is 4.74 Å². The summed E-state index contributed by atoms with van der Waals surface area (Å²) in [5.41, 5.74) is 9.01. The van der Waals surface area contributed by atoms with E-state index in [2.05, 4.69) is 12.2 Å². The van der Waals surface area contributed by atoms with Crippen molar-refractivity contribution in [3.8, 4) is 5.75 Å². The molecule has 6 heteroatoms. The number of ether oxygens (including phenoxy) is 1. The van der Waals surface area contributed by atoms with Gasteiger partial charge in [0, 0.05) is 33.8 Å². The van der Waals surface area contributed by atoms with Crippen LogP contribution < -0.4 is 15.8 Å². The van der Waals surface area contributed by atoms with Gasteiger partial charge in [-0.05, 0) is 55.7 Å². The fourth-order valence-corrected chi connectivity index (χ4v) is 3.60. The molecule has 2 unspecified atom stereocenters. The molecule has 0 aliphatic carbocycles. The molecule has 3 rings (SSSR count). The molecule has 4 nitrogen and oxygen atoms in total. The molecule has 0 spiro atoms. The van der Waals surface area contributed by atoms with Gasteiger partial charge in [-0.15, -0.1) is 11.6 Å². The van der Waals surface area contributed by atoms with Gasteiger partial charge < -0.3 is 15.8 Å². The van der Waals surface area contributed by atoms with E-state index in [1.807, 2.05) is 36.4 Å². The lowest BCUT2D eigenvalue weighted by Crippen LogP contribution is -2.26. The highest BCUT2D eigenvalue weighted by molar-refractivity contribution is 6.31. The Balaban J connectivity index is 1.92. The highest BCUT2D eigenvalue weighted by atomic mass is 35.5. The summed E-state index contributed by atoms with van der Waals surface area (Å²) in [7, 11) is 1.66. The molecule has 0 saturated carbocycles. The lowest BCUT2D eigenvalue weighted by Gasteiger charge is -2.17. The first kappa shape index (κ1) is 20.0. The molecule has 27 heavy (non-hydrogen) atoms. The highest BCUT2D eigenvalue weighted by Crippen LogP contribution is 2.34. The fraction of sp³-hybridized carbons (Fsp3) is 0.381. The van der Waals surface area contributed by atoms with Gasteiger partial charge in [0.05, 0.1) is 23.8 Å². The molecule has 3 aromatic rings. The van der Waals surface area contributed by atoms with Crippen molar-refractivity contribution in [1.82, 2.24) is 4.98 Å². The number of alkyl halides is 1. The summed E-state index contributed by atoms with van der Waals surface area (Å²) < 4.78 is 5.40. The van der Waals surface area contributed by atoms with Crippen LogP contribution >= 0.6 is 23.2 Å². The lowest BCUT2D eigenvalue weighted by atomic mass is 10.1. The summed E-state index contributed by atoms with van der Waals surface area (Å²) in [6.45, 7) is 2.83. The summed E-state index contributed by atoms with van der Waals surface area (Å²) >= 11 is 12.4. The second-order valence-corrected chi connectivity index (χ2v) is 7.80. The molecular formula is C21H25Cl2N3O. The minimum absolute atomic E-state index is 0.0725. The number of nitrogens with two attached hydrogens (primary N) is 1. The van der Waals surface area contributed by atoms with Crippen molar-refractivity contribution in [2.45, 2.75) is 37.6 Å². The normalized spacial score (nSPS) is 13.7. The molecule has 2 aromatic carbocycles. The Bertz CT molecular complexity index is 932. The molecule has 0 aliphatic rings. The SMILES string of the molecule is CCC(Cl)CC(N)CCNc1c2ccc(Cl)cc2nc2ccc(OC)cc12.